The van der Waals surface area contributed by atoms with E-state index in [-0.39, 0.29) is 5.88 Å². The molecule has 7 heteroatoms. The van der Waals surface area contributed by atoms with E-state index >= 15 is 0 Å². The summed E-state index contributed by atoms with van der Waals surface area (Å²) in [6.45, 7) is 0. The van der Waals surface area contributed by atoms with E-state index in [1.54, 1.807) is 18.5 Å². The number of aromatic amines is 1. The number of hydrogen-bond acceptors (Lipinski definition) is 5. The fourth-order valence-electron chi connectivity index (χ4n) is 2.85. The zero-order chi connectivity index (χ0) is 17.2. The fraction of sp³-hybridized carbons (Fsp3) is 0.0556. The van der Waals surface area contributed by atoms with Crippen LogP contribution < -0.4 is 5.32 Å². The third-order valence-electron chi connectivity index (χ3n) is 3.98. The molecule has 0 bridgehead atoms. The first-order valence-electron chi connectivity index (χ1n) is 7.69. The maximum absolute atomic E-state index is 11.0. The number of anilines is 1. The van der Waals surface area contributed by atoms with Crippen LogP contribution >= 0.6 is 0 Å². The lowest BCUT2D eigenvalue weighted by molar-refractivity contribution is -0.402. The van der Waals surface area contributed by atoms with E-state index in [0.29, 0.717) is 5.76 Å². The van der Waals surface area contributed by atoms with Crippen molar-refractivity contribution in [1.82, 2.24) is 9.97 Å². The number of nitro groups is 1. The molecule has 0 spiro atoms. The number of rotatable bonds is 5. The lowest BCUT2D eigenvalue weighted by Crippen LogP contribution is -2.11. The van der Waals surface area contributed by atoms with Gasteiger partial charge in [0.1, 0.15) is 16.7 Å². The van der Waals surface area contributed by atoms with Crippen LogP contribution in [0.3, 0.4) is 0 Å². The largest absolute Gasteiger partial charge is 0.433 e. The molecule has 1 aromatic carbocycles. The Morgan fingerprint density at radius 2 is 2.04 bits per heavy atom. The van der Waals surface area contributed by atoms with E-state index in [0.717, 1.165) is 22.2 Å². The Hall–Kier alpha value is -3.61. The molecule has 25 heavy (non-hydrogen) atoms. The second-order valence-electron chi connectivity index (χ2n) is 5.54. The van der Waals surface area contributed by atoms with Gasteiger partial charge in [0.2, 0.25) is 0 Å². The van der Waals surface area contributed by atoms with Crippen LogP contribution in [0.4, 0.5) is 11.6 Å². The first-order chi connectivity index (χ1) is 12.2. The minimum absolute atomic E-state index is 0.284. The van der Waals surface area contributed by atoms with Gasteiger partial charge in [0.05, 0.1) is 11.8 Å². The van der Waals surface area contributed by atoms with Gasteiger partial charge in [-0.3, -0.25) is 15.1 Å². The molecule has 0 radical (unpaired) electrons. The van der Waals surface area contributed by atoms with Gasteiger partial charge >= 0.3 is 5.88 Å². The van der Waals surface area contributed by atoms with Crippen LogP contribution in [0.2, 0.25) is 0 Å². The summed E-state index contributed by atoms with van der Waals surface area (Å²) in [5.41, 5.74) is 2.71. The molecule has 3 heterocycles. The molecule has 4 rings (SSSR count). The lowest BCUT2D eigenvalue weighted by Gasteiger charge is -2.17. The van der Waals surface area contributed by atoms with Gasteiger partial charge in [-0.15, -0.1) is 0 Å². The van der Waals surface area contributed by atoms with Gasteiger partial charge in [0, 0.05) is 35.1 Å². The molecular formula is C18H14N4O3. The minimum atomic E-state index is -0.542. The second kappa shape index (κ2) is 6.12. The molecule has 4 aromatic rings. The molecule has 1 unspecified atom stereocenters. The SMILES string of the molecule is O=[N+]([O-])c1ccc(C(Nc2cccnc2)c2c[nH]c3ccccc23)o1. The molecule has 0 amide bonds. The lowest BCUT2D eigenvalue weighted by atomic mass is 10.0. The van der Waals surface area contributed by atoms with Gasteiger partial charge < -0.3 is 14.7 Å². The molecule has 3 aromatic heterocycles. The number of aromatic nitrogens is 2. The molecule has 0 saturated carbocycles. The summed E-state index contributed by atoms with van der Waals surface area (Å²) >= 11 is 0. The third kappa shape index (κ3) is 2.83. The Labute approximate surface area is 142 Å². The van der Waals surface area contributed by atoms with Crippen LogP contribution in [0.25, 0.3) is 10.9 Å². The number of hydrogen-bond donors (Lipinski definition) is 2. The first-order valence-corrected chi connectivity index (χ1v) is 7.69. The summed E-state index contributed by atoms with van der Waals surface area (Å²) in [6.07, 6.45) is 5.26. The molecule has 0 aliphatic rings. The number of para-hydroxylation sites is 1. The highest BCUT2D eigenvalue weighted by molar-refractivity contribution is 5.84. The monoisotopic (exact) mass is 334 g/mol. The van der Waals surface area contributed by atoms with Gasteiger partial charge in [-0.05, 0) is 24.3 Å². The highest BCUT2D eigenvalue weighted by Crippen LogP contribution is 2.34. The normalized spacial score (nSPS) is 12.2. The number of H-pyrrole nitrogens is 1. The van der Waals surface area contributed by atoms with Gasteiger partial charge in [0.15, 0.2) is 0 Å². The number of nitrogens with one attached hydrogen (secondary N) is 2. The molecule has 124 valence electrons. The van der Waals surface area contributed by atoms with Crippen molar-refractivity contribution in [2.45, 2.75) is 6.04 Å². The third-order valence-corrected chi connectivity index (χ3v) is 3.98. The van der Waals surface area contributed by atoms with Gasteiger partial charge in [-0.1, -0.05) is 18.2 Å². The fourth-order valence-corrected chi connectivity index (χ4v) is 2.85. The summed E-state index contributed by atoms with van der Waals surface area (Å²) in [4.78, 5) is 17.7. The highest BCUT2D eigenvalue weighted by atomic mass is 16.6. The number of benzene rings is 1. The van der Waals surface area contributed by atoms with Crippen LogP contribution in [0, 0.1) is 10.1 Å². The summed E-state index contributed by atoms with van der Waals surface area (Å²) in [7, 11) is 0. The average molecular weight is 334 g/mol. The molecule has 0 aliphatic heterocycles. The Morgan fingerprint density at radius 3 is 2.80 bits per heavy atom. The molecule has 1 atom stereocenters. The molecule has 2 N–H and O–H groups in total. The molecular weight excluding hydrogens is 320 g/mol. The van der Waals surface area contributed by atoms with Gasteiger partial charge in [-0.25, -0.2) is 0 Å². The number of nitrogens with zero attached hydrogens (tertiary/aromatic N) is 2. The Morgan fingerprint density at radius 1 is 1.16 bits per heavy atom. The van der Waals surface area contributed by atoms with Crippen LogP contribution in [0.1, 0.15) is 17.4 Å². The number of furan rings is 1. The quantitative estimate of drug-likeness (QED) is 0.420. The van der Waals surface area contributed by atoms with E-state index in [2.05, 4.69) is 15.3 Å². The van der Waals surface area contributed by atoms with Gasteiger partial charge in [-0.2, -0.15) is 0 Å². The highest BCUT2D eigenvalue weighted by Gasteiger charge is 2.24. The van der Waals surface area contributed by atoms with Crippen LogP contribution in [0.15, 0.2) is 71.5 Å². The average Bonchev–Trinajstić information content (AvgIpc) is 3.28. The predicted octanol–water partition coefficient (Wildman–Crippen LogP) is 4.27. The predicted molar refractivity (Wildman–Crippen MR) is 93.4 cm³/mol. The Bertz CT molecular complexity index is 1020. The van der Waals surface area contributed by atoms with E-state index in [1.165, 1.54) is 6.07 Å². The van der Waals surface area contributed by atoms with Gasteiger partial charge in [0.25, 0.3) is 0 Å². The smallest absolute Gasteiger partial charge is 0.403 e. The van der Waals surface area contributed by atoms with Crippen LogP contribution in [-0.2, 0) is 0 Å². The molecule has 0 saturated heterocycles. The van der Waals surface area contributed by atoms with E-state index in [1.807, 2.05) is 42.6 Å². The summed E-state index contributed by atoms with van der Waals surface area (Å²) in [5, 5.41) is 15.3. The molecule has 0 aliphatic carbocycles. The summed E-state index contributed by atoms with van der Waals surface area (Å²) < 4.78 is 5.46. The maximum Gasteiger partial charge on any atom is 0.433 e. The Kier molecular flexibility index (Phi) is 3.66. The maximum atomic E-state index is 11.0. The van der Waals surface area contributed by atoms with E-state index < -0.39 is 11.0 Å². The second-order valence-corrected chi connectivity index (χ2v) is 5.54. The van der Waals surface area contributed by atoms with Crippen molar-refractivity contribution in [2.24, 2.45) is 0 Å². The summed E-state index contributed by atoms with van der Waals surface area (Å²) in [6, 6.07) is 14.2. The van der Waals surface area contributed by atoms with Crippen molar-refractivity contribution in [3.8, 4) is 0 Å². The number of pyridine rings is 1. The molecule has 7 nitrogen and oxygen atoms in total. The first kappa shape index (κ1) is 14.9. The standard InChI is InChI=1S/C18H14N4O3/c23-22(24)17-8-7-16(25-17)18(21-12-4-3-9-19-10-12)14-11-20-15-6-2-1-5-13(14)15/h1-11,18,20-21H. The topological polar surface area (TPSA) is 97.0 Å². The van der Waals surface area contributed by atoms with E-state index in [4.69, 9.17) is 4.42 Å². The van der Waals surface area contributed by atoms with Crippen LogP contribution in [0.5, 0.6) is 0 Å². The van der Waals surface area contributed by atoms with Crippen molar-refractivity contribution in [1.29, 1.82) is 0 Å². The zero-order valence-electron chi connectivity index (χ0n) is 13.0. The van der Waals surface area contributed by atoms with Crippen molar-refractivity contribution in [3.05, 3.63) is 88.6 Å². The van der Waals surface area contributed by atoms with Crippen molar-refractivity contribution >= 4 is 22.5 Å². The zero-order valence-corrected chi connectivity index (χ0v) is 13.0. The van der Waals surface area contributed by atoms with Crippen molar-refractivity contribution in [2.75, 3.05) is 5.32 Å². The summed E-state index contributed by atoms with van der Waals surface area (Å²) in [5.74, 6) is 0.174. The van der Waals surface area contributed by atoms with Crippen LogP contribution in [-0.4, -0.2) is 14.9 Å². The van der Waals surface area contributed by atoms with E-state index in [9.17, 15) is 10.1 Å². The molecule has 0 fully saturated rings. The van der Waals surface area contributed by atoms with Crippen molar-refractivity contribution in [3.63, 3.8) is 0 Å². The van der Waals surface area contributed by atoms with Crippen molar-refractivity contribution < 1.29 is 9.34 Å². The minimum Gasteiger partial charge on any atom is -0.403 e. The Balaban J connectivity index is 1.81. The number of fused-ring (bicyclic) bond motifs is 1.